The summed E-state index contributed by atoms with van der Waals surface area (Å²) in [5.41, 5.74) is 2.01. The maximum absolute atomic E-state index is 14.7. The number of rotatable bonds is 5. The second-order valence-electron chi connectivity index (χ2n) is 15.3. The third-order valence-corrected chi connectivity index (χ3v) is 12.7. The summed E-state index contributed by atoms with van der Waals surface area (Å²) >= 11 is 0. The summed E-state index contributed by atoms with van der Waals surface area (Å²) in [6, 6.07) is 30.6. The highest BCUT2D eigenvalue weighted by atomic mass is 16.3. The Hall–Kier alpha value is -5.08. The molecular formula is C43H41N3O5. The van der Waals surface area contributed by atoms with Gasteiger partial charge in [-0.05, 0) is 61.6 Å². The minimum Gasteiger partial charge on any atom is -0.507 e. The number of nitrogens with zero attached hydrogens (tertiary/aromatic N) is 3. The van der Waals surface area contributed by atoms with E-state index in [1.807, 2.05) is 79.7 Å². The molecule has 0 aromatic heterocycles. The minimum atomic E-state index is -1.21. The first-order valence-electron chi connectivity index (χ1n) is 18.2. The van der Waals surface area contributed by atoms with Crippen molar-refractivity contribution in [2.45, 2.75) is 51.1 Å². The third kappa shape index (κ3) is 4.75. The minimum absolute atomic E-state index is 0.0814. The zero-order valence-electron chi connectivity index (χ0n) is 28.7. The summed E-state index contributed by atoms with van der Waals surface area (Å²) < 4.78 is 0. The van der Waals surface area contributed by atoms with Crippen molar-refractivity contribution in [3.8, 4) is 5.75 Å². The van der Waals surface area contributed by atoms with Crippen LogP contribution in [0.15, 0.2) is 109 Å². The van der Waals surface area contributed by atoms with E-state index in [1.54, 1.807) is 17.0 Å². The van der Waals surface area contributed by atoms with E-state index in [4.69, 9.17) is 0 Å². The van der Waals surface area contributed by atoms with Gasteiger partial charge in [0.25, 0.3) is 0 Å². The van der Waals surface area contributed by atoms with Crippen LogP contribution in [-0.2, 0) is 25.7 Å². The van der Waals surface area contributed by atoms with Gasteiger partial charge in [0.15, 0.2) is 0 Å². The summed E-state index contributed by atoms with van der Waals surface area (Å²) in [4.78, 5) is 63.2. The molecule has 0 bridgehead atoms. The van der Waals surface area contributed by atoms with Gasteiger partial charge in [-0.3, -0.25) is 29.0 Å². The van der Waals surface area contributed by atoms with E-state index in [2.05, 4.69) is 23.1 Å². The Bertz CT molecular complexity index is 2110. The van der Waals surface area contributed by atoms with Gasteiger partial charge in [0, 0.05) is 42.5 Å². The highest BCUT2D eigenvalue weighted by Gasteiger charge is 2.68. The van der Waals surface area contributed by atoms with E-state index in [0.717, 1.165) is 43.4 Å². The van der Waals surface area contributed by atoms with E-state index < -0.39 is 35.0 Å². The Balaban J connectivity index is 1.08. The fourth-order valence-corrected chi connectivity index (χ4v) is 10.2. The van der Waals surface area contributed by atoms with Gasteiger partial charge in [0.1, 0.15) is 5.75 Å². The highest BCUT2D eigenvalue weighted by Crippen LogP contribution is 2.64. The molecule has 5 aliphatic rings. The third-order valence-electron chi connectivity index (χ3n) is 12.7. The van der Waals surface area contributed by atoms with Crippen LogP contribution in [0, 0.1) is 29.1 Å². The smallest absolute Gasteiger partial charge is 0.241 e. The van der Waals surface area contributed by atoms with Crippen molar-refractivity contribution in [3.05, 3.63) is 120 Å². The van der Waals surface area contributed by atoms with Crippen LogP contribution in [0.2, 0.25) is 0 Å². The lowest BCUT2D eigenvalue weighted by Gasteiger charge is -2.49. The number of phenolic OH excluding ortho intramolecular Hbond substituents is 1. The molecule has 9 rings (SSSR count). The Morgan fingerprint density at radius 2 is 1.45 bits per heavy atom. The second-order valence-corrected chi connectivity index (χ2v) is 15.3. The molecule has 2 aliphatic carbocycles. The molecule has 3 saturated heterocycles. The number of benzene rings is 4. The van der Waals surface area contributed by atoms with Gasteiger partial charge in [-0.2, -0.15) is 0 Å². The highest BCUT2D eigenvalue weighted by molar-refractivity contribution is 6.24. The van der Waals surface area contributed by atoms with E-state index in [9.17, 15) is 24.3 Å². The molecule has 0 radical (unpaired) electrons. The van der Waals surface area contributed by atoms with Crippen LogP contribution in [0.5, 0.6) is 5.75 Å². The summed E-state index contributed by atoms with van der Waals surface area (Å²) in [5, 5.41) is 13.4. The molecule has 0 spiro atoms. The van der Waals surface area contributed by atoms with E-state index in [-0.39, 0.29) is 35.4 Å². The van der Waals surface area contributed by atoms with Crippen LogP contribution in [0.25, 0.3) is 10.8 Å². The maximum Gasteiger partial charge on any atom is 0.241 e. The molecule has 1 saturated carbocycles. The SMILES string of the molecule is CC12C(=O)N(c3ccccc3)C(=O)C1CC1C(=CCC3C(=O)N(C4CCN(Cc5ccccc5)CC4)C(=O)C31)C2c1ccc2ccccc2c1O. The van der Waals surface area contributed by atoms with Crippen LogP contribution < -0.4 is 4.90 Å². The summed E-state index contributed by atoms with van der Waals surface area (Å²) in [7, 11) is 0. The lowest BCUT2D eigenvalue weighted by Crippen LogP contribution is -2.49. The second kappa shape index (κ2) is 12.0. The number of aromatic hydroxyl groups is 1. The number of likely N-dealkylation sites (tertiary alicyclic amines) is 2. The lowest BCUT2D eigenvalue weighted by atomic mass is 9.51. The first kappa shape index (κ1) is 31.9. The maximum atomic E-state index is 14.7. The number of anilines is 1. The van der Waals surface area contributed by atoms with Gasteiger partial charge in [-0.25, -0.2) is 4.90 Å². The van der Waals surface area contributed by atoms with Gasteiger partial charge < -0.3 is 5.11 Å². The number of fused-ring (bicyclic) bond motifs is 5. The first-order valence-corrected chi connectivity index (χ1v) is 18.2. The molecule has 258 valence electrons. The molecule has 51 heavy (non-hydrogen) atoms. The number of allylic oxidation sites excluding steroid dienone is 2. The number of para-hydroxylation sites is 1. The monoisotopic (exact) mass is 679 g/mol. The van der Waals surface area contributed by atoms with Crippen molar-refractivity contribution in [1.29, 1.82) is 0 Å². The zero-order valence-corrected chi connectivity index (χ0v) is 28.7. The van der Waals surface area contributed by atoms with Crippen LogP contribution in [0.3, 0.4) is 0 Å². The average Bonchev–Trinajstić information content (AvgIpc) is 3.52. The van der Waals surface area contributed by atoms with Crippen molar-refractivity contribution < 1.29 is 24.3 Å². The number of imide groups is 2. The van der Waals surface area contributed by atoms with Crippen molar-refractivity contribution in [1.82, 2.24) is 9.80 Å². The Labute approximate surface area is 297 Å². The molecular weight excluding hydrogens is 638 g/mol. The van der Waals surface area contributed by atoms with E-state index in [0.29, 0.717) is 29.5 Å². The standard InChI is InChI=1S/C43H41N3O5/c1-43-35(40(49)46(42(43)51)28-13-6-3-7-14-28)24-34-31(37(43)33-17-16-27-12-8-9-15-30(27)38(33)47)18-19-32-36(34)41(50)45(39(32)48)29-20-22-44(23-21-29)25-26-10-4-2-5-11-26/h2-18,29,32,34-37,47H,19-25H2,1H3. The molecule has 3 heterocycles. The van der Waals surface area contributed by atoms with Crippen molar-refractivity contribution in [2.24, 2.45) is 29.1 Å². The molecule has 4 aromatic carbocycles. The van der Waals surface area contributed by atoms with Gasteiger partial charge >= 0.3 is 0 Å². The number of hydrogen-bond acceptors (Lipinski definition) is 6. The van der Waals surface area contributed by atoms with E-state index >= 15 is 0 Å². The Kier molecular flexibility index (Phi) is 7.51. The fraction of sp³-hybridized carbons (Fsp3) is 0.349. The molecule has 8 heteroatoms. The summed E-state index contributed by atoms with van der Waals surface area (Å²) in [5.74, 6) is -3.69. The quantitative estimate of drug-likeness (QED) is 0.193. The largest absolute Gasteiger partial charge is 0.507 e. The van der Waals surface area contributed by atoms with Crippen LogP contribution in [0.1, 0.15) is 49.7 Å². The topological polar surface area (TPSA) is 98.2 Å². The van der Waals surface area contributed by atoms with Gasteiger partial charge in [-0.15, -0.1) is 0 Å². The molecule has 6 unspecified atom stereocenters. The van der Waals surface area contributed by atoms with E-state index in [1.165, 1.54) is 10.5 Å². The van der Waals surface area contributed by atoms with Crippen LogP contribution in [-0.4, -0.2) is 57.7 Å². The van der Waals surface area contributed by atoms with Gasteiger partial charge in [-0.1, -0.05) is 96.6 Å². The molecule has 6 atom stereocenters. The molecule has 3 aliphatic heterocycles. The molecule has 4 fully saturated rings. The molecule has 8 nitrogen and oxygen atoms in total. The normalized spacial score (nSPS) is 29.7. The first-order chi connectivity index (χ1) is 24.8. The Morgan fingerprint density at radius 3 is 2.20 bits per heavy atom. The van der Waals surface area contributed by atoms with Gasteiger partial charge in [0.05, 0.1) is 28.9 Å². The Morgan fingerprint density at radius 1 is 0.765 bits per heavy atom. The number of piperidine rings is 1. The fourth-order valence-electron chi connectivity index (χ4n) is 10.2. The number of carbonyl (C=O) groups is 4. The van der Waals surface area contributed by atoms with Crippen LogP contribution >= 0.6 is 0 Å². The molecule has 4 amide bonds. The average molecular weight is 680 g/mol. The predicted octanol–water partition coefficient (Wildman–Crippen LogP) is 6.44. The zero-order chi connectivity index (χ0) is 35.0. The summed E-state index contributed by atoms with van der Waals surface area (Å²) in [6.07, 6.45) is 4.20. The summed E-state index contributed by atoms with van der Waals surface area (Å²) in [6.45, 7) is 4.30. The number of carbonyl (C=O) groups excluding carboxylic acids is 4. The van der Waals surface area contributed by atoms with Gasteiger partial charge in [0.2, 0.25) is 23.6 Å². The van der Waals surface area contributed by atoms with Crippen LogP contribution in [0.4, 0.5) is 5.69 Å². The van der Waals surface area contributed by atoms with Crippen molar-refractivity contribution >= 4 is 40.1 Å². The van der Waals surface area contributed by atoms with Crippen molar-refractivity contribution in [2.75, 3.05) is 18.0 Å². The molecule has 4 aromatic rings. The van der Waals surface area contributed by atoms with Crippen molar-refractivity contribution in [3.63, 3.8) is 0 Å². The predicted molar refractivity (Wildman–Crippen MR) is 193 cm³/mol. The number of hydrogen-bond donors (Lipinski definition) is 1. The lowest BCUT2D eigenvalue weighted by molar-refractivity contribution is -0.144. The number of amides is 4. The molecule has 1 N–H and O–H groups in total. The number of phenols is 1.